The monoisotopic (exact) mass is 549 g/mol. The van der Waals surface area contributed by atoms with E-state index in [0.29, 0.717) is 24.6 Å². The number of aliphatic hydroxyl groups is 1. The lowest BCUT2D eigenvalue weighted by Crippen LogP contribution is -2.50. The van der Waals surface area contributed by atoms with Gasteiger partial charge in [0.2, 0.25) is 0 Å². The molecule has 0 bridgehead atoms. The normalized spacial score (nSPS) is 22.2. The fourth-order valence-electron chi connectivity index (χ4n) is 5.35. The molecule has 1 aliphatic carbocycles. The van der Waals surface area contributed by atoms with E-state index in [9.17, 15) is 18.3 Å². The second-order valence-electron chi connectivity index (χ2n) is 10.6. The first-order valence-corrected chi connectivity index (χ1v) is 15.5. The quantitative estimate of drug-likeness (QED) is 0.484. The molecule has 2 aromatic rings. The highest BCUT2D eigenvalue weighted by Crippen LogP contribution is 2.36. The molecule has 2 aliphatic rings. The third-order valence-corrected chi connectivity index (χ3v) is 10.2. The van der Waals surface area contributed by atoms with Crippen LogP contribution in [0, 0.1) is 11.8 Å². The van der Waals surface area contributed by atoms with Crippen molar-refractivity contribution in [2.24, 2.45) is 11.8 Å². The molecule has 1 aromatic carbocycles. The van der Waals surface area contributed by atoms with Crippen molar-refractivity contribution in [2.75, 3.05) is 38.0 Å². The number of likely N-dealkylation sites (N-methyl/N-ethyl adjacent to an activating group) is 1. The minimum absolute atomic E-state index is 0.0399. The number of para-hydroxylation sites is 1. The highest BCUT2D eigenvalue weighted by atomic mass is 32.2. The summed E-state index contributed by atoms with van der Waals surface area (Å²) in [5.41, 5.74) is 0.531. The average molecular weight is 550 g/mol. The van der Waals surface area contributed by atoms with Gasteiger partial charge < -0.3 is 19.6 Å². The van der Waals surface area contributed by atoms with E-state index in [1.807, 2.05) is 13.8 Å². The summed E-state index contributed by atoms with van der Waals surface area (Å²) in [5.74, 6) is 0.595. The molecule has 2 N–H and O–H groups in total. The molecule has 8 nitrogen and oxygen atoms in total. The fourth-order valence-corrected chi connectivity index (χ4v) is 7.40. The third-order valence-electron chi connectivity index (χ3n) is 7.48. The van der Waals surface area contributed by atoms with Crippen LogP contribution in [0.1, 0.15) is 56.3 Å². The number of carbonyl (C=O) groups excluding carboxylic acids is 1. The molecule has 37 heavy (non-hydrogen) atoms. The first-order chi connectivity index (χ1) is 17.7. The summed E-state index contributed by atoms with van der Waals surface area (Å²) in [5, 5.41) is 11.6. The average Bonchev–Trinajstić information content (AvgIpc) is 3.43. The summed E-state index contributed by atoms with van der Waals surface area (Å²) in [4.78, 5) is 17.6. The first-order valence-electron chi connectivity index (χ1n) is 13.2. The number of sulfonamides is 1. The van der Waals surface area contributed by atoms with Gasteiger partial charge in [-0.2, -0.15) is 0 Å². The van der Waals surface area contributed by atoms with Gasteiger partial charge >= 0.3 is 0 Å². The Bertz CT molecular complexity index is 1150. The number of nitrogens with one attached hydrogen (secondary N) is 1. The smallest absolute Gasteiger partial charge is 0.271 e. The van der Waals surface area contributed by atoms with Crippen molar-refractivity contribution >= 4 is 33.0 Å². The SMILES string of the molecule is C[C@@H]1CN([C@H](C)CO)C(=O)c2cccc(NS(=O)(=O)c3cccs3)c2O[C@H]1CN(C)CC1CCCCC1. The molecule has 10 heteroatoms. The van der Waals surface area contributed by atoms with Gasteiger partial charge in [-0.1, -0.05) is 38.3 Å². The summed E-state index contributed by atoms with van der Waals surface area (Å²) in [6, 6.07) is 7.80. The van der Waals surface area contributed by atoms with Gasteiger partial charge in [-0.25, -0.2) is 8.42 Å². The molecule has 3 atom stereocenters. The van der Waals surface area contributed by atoms with E-state index in [1.54, 1.807) is 40.6 Å². The first kappa shape index (κ1) is 27.9. The van der Waals surface area contributed by atoms with Gasteiger partial charge in [0.15, 0.2) is 5.75 Å². The second kappa shape index (κ2) is 12.1. The van der Waals surface area contributed by atoms with E-state index in [2.05, 4.69) is 16.7 Å². The zero-order valence-electron chi connectivity index (χ0n) is 21.9. The van der Waals surface area contributed by atoms with Gasteiger partial charge in [-0.15, -0.1) is 11.3 Å². The van der Waals surface area contributed by atoms with Gasteiger partial charge in [0.05, 0.1) is 23.9 Å². The van der Waals surface area contributed by atoms with Crippen molar-refractivity contribution in [3.8, 4) is 5.75 Å². The van der Waals surface area contributed by atoms with E-state index >= 15 is 0 Å². The number of hydrogen-bond acceptors (Lipinski definition) is 7. The number of nitrogens with zero attached hydrogens (tertiary/aromatic N) is 2. The van der Waals surface area contributed by atoms with Crippen LogP contribution in [0.2, 0.25) is 0 Å². The molecule has 0 spiro atoms. The lowest BCUT2D eigenvalue weighted by molar-refractivity contribution is 0.0333. The summed E-state index contributed by atoms with van der Waals surface area (Å²) >= 11 is 1.13. The maximum atomic E-state index is 13.6. The Labute approximate surface area is 224 Å². The minimum Gasteiger partial charge on any atom is -0.486 e. The van der Waals surface area contributed by atoms with Crippen LogP contribution < -0.4 is 9.46 Å². The Balaban J connectivity index is 1.67. The summed E-state index contributed by atoms with van der Waals surface area (Å²) in [6.07, 6.45) is 6.11. The van der Waals surface area contributed by atoms with E-state index in [1.165, 1.54) is 32.1 Å². The number of hydrogen-bond donors (Lipinski definition) is 2. The molecule has 1 fully saturated rings. The lowest BCUT2D eigenvalue weighted by Gasteiger charge is -2.39. The molecular formula is C27H39N3O5S2. The number of amides is 1. The van der Waals surface area contributed by atoms with E-state index < -0.39 is 10.0 Å². The Morgan fingerprint density at radius 1 is 1.19 bits per heavy atom. The van der Waals surface area contributed by atoms with Crippen molar-refractivity contribution in [3.05, 3.63) is 41.3 Å². The molecule has 4 rings (SSSR count). The van der Waals surface area contributed by atoms with Gasteiger partial charge in [-0.05, 0) is 56.3 Å². The number of aliphatic hydroxyl groups excluding tert-OH is 1. The maximum absolute atomic E-state index is 13.6. The number of ether oxygens (including phenoxy) is 1. The maximum Gasteiger partial charge on any atom is 0.271 e. The summed E-state index contributed by atoms with van der Waals surface area (Å²) in [7, 11) is -1.73. The molecule has 1 saturated carbocycles. The third kappa shape index (κ3) is 6.66. The predicted molar refractivity (Wildman–Crippen MR) is 147 cm³/mol. The molecule has 1 aliphatic heterocycles. The Morgan fingerprint density at radius 2 is 1.95 bits per heavy atom. The van der Waals surface area contributed by atoms with Crippen molar-refractivity contribution in [1.29, 1.82) is 0 Å². The zero-order valence-corrected chi connectivity index (χ0v) is 23.6. The molecule has 2 heterocycles. The second-order valence-corrected chi connectivity index (χ2v) is 13.4. The Kier molecular flexibility index (Phi) is 9.15. The zero-order chi connectivity index (χ0) is 26.6. The van der Waals surface area contributed by atoms with Crippen LogP contribution in [0.25, 0.3) is 0 Å². The largest absolute Gasteiger partial charge is 0.486 e. The van der Waals surface area contributed by atoms with Gasteiger partial charge in [0.25, 0.3) is 15.9 Å². The number of rotatable bonds is 9. The highest BCUT2D eigenvalue weighted by molar-refractivity contribution is 7.94. The van der Waals surface area contributed by atoms with E-state index in [-0.39, 0.29) is 46.2 Å². The van der Waals surface area contributed by atoms with Gasteiger partial charge in [0, 0.05) is 25.6 Å². The fraction of sp³-hybridized carbons (Fsp3) is 0.593. The van der Waals surface area contributed by atoms with Crippen LogP contribution in [0.5, 0.6) is 5.75 Å². The van der Waals surface area contributed by atoms with Crippen LogP contribution in [-0.4, -0.2) is 74.7 Å². The number of fused-ring (bicyclic) bond motifs is 1. The predicted octanol–water partition coefficient (Wildman–Crippen LogP) is 4.28. The minimum atomic E-state index is -3.84. The number of thiophene rings is 1. The number of anilines is 1. The van der Waals surface area contributed by atoms with Crippen LogP contribution in [0.3, 0.4) is 0 Å². The topological polar surface area (TPSA) is 99.2 Å². The van der Waals surface area contributed by atoms with Crippen LogP contribution >= 0.6 is 11.3 Å². The van der Waals surface area contributed by atoms with Crippen molar-refractivity contribution in [2.45, 2.75) is 62.3 Å². The van der Waals surface area contributed by atoms with Crippen LogP contribution in [0.4, 0.5) is 5.69 Å². The summed E-state index contributed by atoms with van der Waals surface area (Å²) < 4.78 is 35.5. The Hall–Kier alpha value is -2.14. The van der Waals surface area contributed by atoms with Crippen LogP contribution in [-0.2, 0) is 10.0 Å². The van der Waals surface area contributed by atoms with Gasteiger partial charge in [0.1, 0.15) is 10.3 Å². The standard InChI is InChI=1S/C27H39N3O5S2/c1-19-15-30(20(2)18-31)27(32)22-11-7-12-23(28-37(33,34)25-13-8-14-36-25)26(22)35-24(19)17-29(3)16-21-9-5-4-6-10-21/h7-8,11-14,19-21,24,28,31H,4-6,9-10,15-18H2,1-3H3/t19-,20-,24+/m1/s1. The van der Waals surface area contributed by atoms with E-state index in [4.69, 9.17) is 4.74 Å². The molecular weight excluding hydrogens is 510 g/mol. The molecule has 204 valence electrons. The molecule has 0 radical (unpaired) electrons. The molecule has 1 amide bonds. The molecule has 0 saturated heterocycles. The Morgan fingerprint density at radius 3 is 2.62 bits per heavy atom. The van der Waals surface area contributed by atoms with Crippen LogP contribution in [0.15, 0.2) is 39.9 Å². The molecule has 0 unspecified atom stereocenters. The number of carbonyl (C=O) groups is 1. The highest BCUT2D eigenvalue weighted by Gasteiger charge is 2.35. The number of benzene rings is 1. The molecule has 1 aromatic heterocycles. The van der Waals surface area contributed by atoms with Crippen molar-refractivity contribution < 1.29 is 23.1 Å². The van der Waals surface area contributed by atoms with E-state index in [0.717, 1.165) is 17.9 Å². The van der Waals surface area contributed by atoms with Gasteiger partial charge in [-0.3, -0.25) is 9.52 Å². The lowest BCUT2D eigenvalue weighted by atomic mass is 9.89. The summed E-state index contributed by atoms with van der Waals surface area (Å²) in [6.45, 7) is 5.78. The van der Waals surface area contributed by atoms with Crippen molar-refractivity contribution in [1.82, 2.24) is 9.80 Å². The van der Waals surface area contributed by atoms with Crippen molar-refractivity contribution in [3.63, 3.8) is 0 Å².